The second-order valence-corrected chi connectivity index (χ2v) is 9.52. The quantitative estimate of drug-likeness (QED) is 0.142. The molecule has 0 spiro atoms. The Labute approximate surface area is 236 Å². The average Bonchev–Trinajstić information content (AvgIpc) is 2.95. The fraction of sp³-hybridized carbons (Fsp3) is 0.172. The Morgan fingerprint density at radius 3 is 2.42 bits per heavy atom. The molecule has 0 aliphatic carbocycles. The van der Waals surface area contributed by atoms with Crippen LogP contribution in [0.25, 0.3) is 10.9 Å². The zero-order valence-electron chi connectivity index (χ0n) is 22.0. The maximum atomic E-state index is 12.8. The maximum absolute atomic E-state index is 12.8. The number of halogens is 1. The minimum atomic E-state index is -0.449. The van der Waals surface area contributed by atoms with Crippen LogP contribution in [0.4, 0.5) is 17.2 Å². The summed E-state index contributed by atoms with van der Waals surface area (Å²) in [6.07, 6.45) is 7.73. The van der Waals surface area contributed by atoms with E-state index >= 15 is 0 Å². The van der Waals surface area contributed by atoms with Crippen LogP contribution < -0.4 is 16.0 Å². The molecule has 0 aliphatic heterocycles. The summed E-state index contributed by atoms with van der Waals surface area (Å²) in [5, 5.41) is 9.63. The third kappa shape index (κ3) is 7.68. The highest BCUT2D eigenvalue weighted by Crippen LogP contribution is 2.29. The monoisotopic (exact) mass is 557 g/mol. The van der Waals surface area contributed by atoms with Crippen LogP contribution >= 0.6 is 11.6 Å². The minimum Gasteiger partial charge on any atom is -0.353 e. The van der Waals surface area contributed by atoms with Crippen LogP contribution in [-0.2, 0) is 9.59 Å². The number of nitrogens with zero attached hydrogens (tertiary/aromatic N) is 4. The van der Waals surface area contributed by atoms with E-state index in [2.05, 4.69) is 30.9 Å². The summed E-state index contributed by atoms with van der Waals surface area (Å²) in [7, 11) is 3.93. The van der Waals surface area contributed by atoms with Gasteiger partial charge in [-0.3, -0.25) is 19.4 Å². The molecule has 0 radical (unpaired) electrons. The Hall–Kier alpha value is -4.67. The molecule has 2 aromatic carbocycles. The van der Waals surface area contributed by atoms with Crippen molar-refractivity contribution in [1.82, 2.24) is 25.2 Å². The lowest BCUT2D eigenvalue weighted by atomic mass is 10.0. The number of amides is 2. The SMILES string of the molecule is CN(C)CCCNC(=O)C=CC(=O)Nc1ccc2ncnc(Nc3ccc(C(=O)c4ccncc4)c(Cl)c3)c2c1. The number of fused-ring (bicyclic) bond motifs is 1. The van der Waals surface area contributed by atoms with E-state index < -0.39 is 5.91 Å². The van der Waals surface area contributed by atoms with Gasteiger partial charge in [-0.15, -0.1) is 0 Å². The van der Waals surface area contributed by atoms with Gasteiger partial charge in [-0.05, 0) is 75.6 Å². The number of carbonyl (C=O) groups is 3. The van der Waals surface area contributed by atoms with E-state index in [-0.39, 0.29) is 16.7 Å². The van der Waals surface area contributed by atoms with Crippen LogP contribution in [0.2, 0.25) is 5.02 Å². The molecule has 0 atom stereocenters. The summed E-state index contributed by atoms with van der Waals surface area (Å²) in [5.74, 6) is -0.504. The Kier molecular flexibility index (Phi) is 9.50. The second-order valence-electron chi connectivity index (χ2n) is 9.11. The molecule has 0 unspecified atom stereocenters. The molecule has 10 nitrogen and oxygen atoms in total. The van der Waals surface area contributed by atoms with Crippen molar-refractivity contribution in [3.8, 4) is 0 Å². The number of carbonyl (C=O) groups excluding carboxylic acids is 3. The average molecular weight is 558 g/mol. The summed E-state index contributed by atoms with van der Waals surface area (Å²) in [4.78, 5) is 51.7. The Balaban J connectivity index is 1.44. The number of nitrogens with one attached hydrogen (secondary N) is 3. The van der Waals surface area contributed by atoms with E-state index in [1.807, 2.05) is 19.0 Å². The number of aromatic nitrogens is 3. The van der Waals surface area contributed by atoms with E-state index in [0.29, 0.717) is 45.8 Å². The van der Waals surface area contributed by atoms with E-state index in [9.17, 15) is 14.4 Å². The van der Waals surface area contributed by atoms with Gasteiger partial charge in [-0.25, -0.2) is 9.97 Å². The van der Waals surface area contributed by atoms with Crippen molar-refractivity contribution in [3.05, 3.63) is 95.6 Å². The number of anilines is 3. The lowest BCUT2D eigenvalue weighted by Gasteiger charge is -2.11. The number of rotatable bonds is 11. The van der Waals surface area contributed by atoms with E-state index in [1.54, 1.807) is 60.9 Å². The number of benzene rings is 2. The first kappa shape index (κ1) is 28.3. The van der Waals surface area contributed by atoms with Crippen LogP contribution in [0, 0.1) is 0 Å². The number of hydrogen-bond donors (Lipinski definition) is 3. The molecule has 4 aromatic rings. The van der Waals surface area contributed by atoms with Crippen LogP contribution in [-0.4, -0.2) is 64.6 Å². The second kappa shape index (κ2) is 13.4. The molecule has 2 aromatic heterocycles. The van der Waals surface area contributed by atoms with Crippen LogP contribution in [0.15, 0.2) is 79.4 Å². The maximum Gasteiger partial charge on any atom is 0.248 e. The lowest BCUT2D eigenvalue weighted by Crippen LogP contribution is -2.25. The molecule has 0 fully saturated rings. The van der Waals surface area contributed by atoms with Crippen molar-refractivity contribution >= 4 is 57.3 Å². The first-order valence-corrected chi connectivity index (χ1v) is 12.9. The summed E-state index contributed by atoms with van der Waals surface area (Å²) in [6.45, 7) is 1.38. The first-order valence-electron chi connectivity index (χ1n) is 12.5. The number of pyridine rings is 1. The first-order chi connectivity index (χ1) is 19.3. The Morgan fingerprint density at radius 2 is 1.68 bits per heavy atom. The number of hydrogen-bond acceptors (Lipinski definition) is 8. The molecule has 204 valence electrons. The van der Waals surface area contributed by atoms with Crippen LogP contribution in [0.3, 0.4) is 0 Å². The third-order valence-corrected chi connectivity index (χ3v) is 6.10. The van der Waals surface area contributed by atoms with Gasteiger partial charge >= 0.3 is 0 Å². The van der Waals surface area contributed by atoms with Crippen molar-refractivity contribution < 1.29 is 14.4 Å². The highest BCUT2D eigenvalue weighted by atomic mass is 35.5. The van der Waals surface area contributed by atoms with Gasteiger partial charge in [0.25, 0.3) is 0 Å². The largest absolute Gasteiger partial charge is 0.353 e. The summed E-state index contributed by atoms with van der Waals surface area (Å²) in [6, 6.07) is 13.5. The molecular weight excluding hydrogens is 530 g/mol. The van der Waals surface area contributed by atoms with Crippen LogP contribution in [0.1, 0.15) is 22.3 Å². The summed E-state index contributed by atoms with van der Waals surface area (Å²) >= 11 is 6.45. The van der Waals surface area contributed by atoms with Crippen LogP contribution in [0.5, 0.6) is 0 Å². The summed E-state index contributed by atoms with van der Waals surface area (Å²) in [5.41, 5.74) is 2.63. The fourth-order valence-corrected chi connectivity index (χ4v) is 4.07. The molecule has 40 heavy (non-hydrogen) atoms. The molecular formula is C29H28ClN7O3. The highest BCUT2D eigenvalue weighted by molar-refractivity contribution is 6.35. The van der Waals surface area contributed by atoms with Gasteiger partial charge in [-0.2, -0.15) is 0 Å². The van der Waals surface area contributed by atoms with Crippen molar-refractivity contribution in [3.63, 3.8) is 0 Å². The molecule has 2 amide bonds. The molecule has 11 heteroatoms. The fourth-order valence-electron chi connectivity index (χ4n) is 3.81. The standard InChI is InChI=1S/C29H28ClN7O3/c1-37(2)15-3-12-32-26(38)8-9-27(39)35-20-5-7-25-23(16-20)29(34-18-33-25)36-21-4-6-22(24(30)17-21)28(40)19-10-13-31-14-11-19/h4-11,13-14,16-18H,3,12,15H2,1-2H3,(H,32,38)(H,35,39)(H,33,34,36). The number of ketones is 1. The van der Waals surface area contributed by atoms with Gasteiger partial charge in [0, 0.05) is 59.0 Å². The topological polar surface area (TPSA) is 129 Å². The molecule has 0 saturated heterocycles. The van der Waals surface area contributed by atoms with E-state index in [1.165, 1.54) is 18.5 Å². The molecule has 0 saturated carbocycles. The normalized spacial score (nSPS) is 11.1. The smallest absolute Gasteiger partial charge is 0.248 e. The lowest BCUT2D eigenvalue weighted by molar-refractivity contribution is -0.117. The van der Waals surface area contributed by atoms with Crippen molar-refractivity contribution in [2.45, 2.75) is 6.42 Å². The minimum absolute atomic E-state index is 0.206. The predicted molar refractivity (Wildman–Crippen MR) is 156 cm³/mol. The molecule has 3 N–H and O–H groups in total. The zero-order chi connectivity index (χ0) is 28.5. The van der Waals surface area contributed by atoms with E-state index in [4.69, 9.17) is 11.6 Å². The molecule has 0 aliphatic rings. The van der Waals surface area contributed by atoms with Crippen molar-refractivity contribution in [1.29, 1.82) is 0 Å². The Morgan fingerprint density at radius 1 is 0.925 bits per heavy atom. The van der Waals surface area contributed by atoms with Crippen molar-refractivity contribution in [2.24, 2.45) is 0 Å². The molecule has 4 rings (SSSR count). The van der Waals surface area contributed by atoms with Gasteiger partial charge in [0.05, 0.1) is 10.5 Å². The summed E-state index contributed by atoms with van der Waals surface area (Å²) < 4.78 is 0. The third-order valence-electron chi connectivity index (χ3n) is 5.79. The van der Waals surface area contributed by atoms with Gasteiger partial charge < -0.3 is 20.9 Å². The van der Waals surface area contributed by atoms with Gasteiger partial charge in [0.1, 0.15) is 12.1 Å². The molecule has 2 heterocycles. The van der Waals surface area contributed by atoms with Crippen molar-refractivity contribution in [2.75, 3.05) is 37.8 Å². The Bertz CT molecular complexity index is 1560. The van der Waals surface area contributed by atoms with Gasteiger partial charge in [-0.1, -0.05) is 11.6 Å². The highest BCUT2D eigenvalue weighted by Gasteiger charge is 2.14. The predicted octanol–water partition coefficient (Wildman–Crippen LogP) is 4.22. The van der Waals surface area contributed by atoms with Gasteiger partial charge in [0.15, 0.2) is 5.78 Å². The zero-order valence-corrected chi connectivity index (χ0v) is 22.8. The van der Waals surface area contributed by atoms with E-state index in [0.717, 1.165) is 13.0 Å². The molecule has 0 bridgehead atoms. The van der Waals surface area contributed by atoms with Gasteiger partial charge in [0.2, 0.25) is 11.8 Å².